The Bertz CT molecular complexity index is 1660. The molecule has 0 saturated carbocycles. The van der Waals surface area contributed by atoms with Crippen LogP contribution in [0.4, 0.5) is 0 Å². The number of hydrogen-bond donors (Lipinski definition) is 2. The highest BCUT2D eigenvalue weighted by molar-refractivity contribution is 9.10. The number of para-hydroxylation sites is 1. The molecule has 2 N–H and O–H groups in total. The van der Waals surface area contributed by atoms with Crippen molar-refractivity contribution in [2.45, 2.75) is 13.0 Å². The van der Waals surface area contributed by atoms with Gasteiger partial charge in [-0.2, -0.15) is 5.26 Å². The lowest BCUT2D eigenvalue weighted by molar-refractivity contribution is -0.117. The van der Waals surface area contributed by atoms with E-state index >= 15 is 0 Å². The van der Waals surface area contributed by atoms with E-state index in [4.69, 9.17) is 4.74 Å². The average Bonchev–Trinajstić information content (AvgIpc) is 3.34. The highest BCUT2D eigenvalue weighted by Crippen LogP contribution is 2.28. The second-order valence-electron chi connectivity index (χ2n) is 8.64. The summed E-state index contributed by atoms with van der Waals surface area (Å²) in [5.41, 5.74) is 3.91. The predicted octanol–water partition coefficient (Wildman–Crippen LogP) is 6.93. The quantitative estimate of drug-likeness (QED) is 0.163. The van der Waals surface area contributed by atoms with Crippen LogP contribution in [0.3, 0.4) is 0 Å². The molecule has 0 unspecified atom stereocenters. The van der Waals surface area contributed by atoms with Gasteiger partial charge in [0.25, 0.3) is 5.91 Å². The Morgan fingerprint density at radius 1 is 0.973 bits per heavy atom. The molecule has 0 spiro atoms. The number of halogens is 1. The smallest absolute Gasteiger partial charge is 0.261 e. The van der Waals surface area contributed by atoms with E-state index in [0.717, 1.165) is 37.3 Å². The van der Waals surface area contributed by atoms with Crippen molar-refractivity contribution in [3.05, 3.63) is 118 Å². The van der Waals surface area contributed by atoms with Crippen molar-refractivity contribution < 1.29 is 9.53 Å². The average molecular weight is 550 g/mol. The van der Waals surface area contributed by atoms with E-state index in [1.807, 2.05) is 72.9 Å². The second-order valence-corrected chi connectivity index (χ2v) is 9.56. The highest BCUT2D eigenvalue weighted by atomic mass is 79.9. The molecule has 0 aliphatic rings. The molecule has 37 heavy (non-hydrogen) atoms. The molecule has 5 aromatic rings. The van der Waals surface area contributed by atoms with Crippen molar-refractivity contribution in [1.29, 1.82) is 5.26 Å². The van der Waals surface area contributed by atoms with Gasteiger partial charge in [0.1, 0.15) is 24.0 Å². The third-order valence-corrected chi connectivity index (χ3v) is 6.75. The van der Waals surface area contributed by atoms with Crippen LogP contribution in [0.25, 0.3) is 27.8 Å². The van der Waals surface area contributed by atoms with Crippen LogP contribution < -0.4 is 10.1 Å². The zero-order chi connectivity index (χ0) is 25.6. The number of carbonyl (C=O) groups excluding carboxylic acids is 1. The summed E-state index contributed by atoms with van der Waals surface area (Å²) < 4.78 is 7.00. The number of carbonyl (C=O) groups is 1. The summed E-state index contributed by atoms with van der Waals surface area (Å²) >= 11 is 3.49. The zero-order valence-electron chi connectivity index (χ0n) is 20.0. The van der Waals surface area contributed by atoms with Crippen molar-refractivity contribution in [1.82, 2.24) is 10.3 Å². The van der Waals surface area contributed by atoms with Gasteiger partial charge in [0.05, 0.1) is 0 Å². The first kappa shape index (κ1) is 24.4. The summed E-state index contributed by atoms with van der Waals surface area (Å²) in [6.45, 7) is 0.783. The minimum Gasteiger partial charge on any atom is -0.488 e. The van der Waals surface area contributed by atoms with Crippen molar-refractivity contribution in [2.75, 3.05) is 6.54 Å². The van der Waals surface area contributed by atoms with Crippen molar-refractivity contribution in [2.24, 2.45) is 0 Å². The summed E-state index contributed by atoms with van der Waals surface area (Å²) in [6, 6.07) is 29.9. The molecule has 5 nitrogen and oxygen atoms in total. The van der Waals surface area contributed by atoms with E-state index in [1.165, 1.54) is 0 Å². The number of rotatable bonds is 8. The number of nitrogens with zero attached hydrogens (tertiary/aromatic N) is 1. The molecule has 0 saturated heterocycles. The molecule has 0 fully saturated rings. The fraction of sp³-hybridized carbons (Fsp3) is 0.0968. The Labute approximate surface area is 223 Å². The van der Waals surface area contributed by atoms with Gasteiger partial charge >= 0.3 is 0 Å². The number of amides is 1. The molecule has 182 valence electrons. The van der Waals surface area contributed by atoms with Gasteiger partial charge < -0.3 is 15.0 Å². The number of hydrogen-bond acceptors (Lipinski definition) is 3. The molecular formula is C31H24BrN3O2. The van der Waals surface area contributed by atoms with Gasteiger partial charge in [-0.05, 0) is 58.7 Å². The number of ether oxygens (including phenoxy) is 1. The van der Waals surface area contributed by atoms with Gasteiger partial charge in [-0.25, -0.2) is 0 Å². The number of nitriles is 1. The Kier molecular flexibility index (Phi) is 7.34. The summed E-state index contributed by atoms with van der Waals surface area (Å²) in [5.74, 6) is 0.179. The lowest BCUT2D eigenvalue weighted by atomic mass is 10.1. The monoisotopic (exact) mass is 549 g/mol. The first-order chi connectivity index (χ1) is 18.1. The Morgan fingerprint density at radius 2 is 1.76 bits per heavy atom. The number of aromatic amines is 1. The number of fused-ring (bicyclic) bond motifs is 2. The van der Waals surface area contributed by atoms with Crippen LogP contribution in [0.2, 0.25) is 0 Å². The third-order valence-electron chi connectivity index (χ3n) is 6.25. The Balaban J connectivity index is 1.30. The van der Waals surface area contributed by atoms with Crippen molar-refractivity contribution in [3.63, 3.8) is 0 Å². The normalized spacial score (nSPS) is 11.4. The molecular weight excluding hydrogens is 526 g/mol. The fourth-order valence-electron chi connectivity index (χ4n) is 4.39. The van der Waals surface area contributed by atoms with Crippen molar-refractivity contribution in [3.8, 4) is 11.8 Å². The van der Waals surface area contributed by atoms with Crippen LogP contribution in [-0.2, 0) is 17.8 Å². The third kappa shape index (κ3) is 5.58. The molecule has 0 aliphatic heterocycles. The Hall–Kier alpha value is -4.34. The van der Waals surface area contributed by atoms with E-state index in [0.29, 0.717) is 30.9 Å². The molecule has 0 atom stereocenters. The van der Waals surface area contributed by atoms with Gasteiger partial charge in [-0.3, -0.25) is 4.79 Å². The van der Waals surface area contributed by atoms with Crippen LogP contribution in [0, 0.1) is 11.3 Å². The van der Waals surface area contributed by atoms with E-state index in [1.54, 1.807) is 6.08 Å². The van der Waals surface area contributed by atoms with Crippen molar-refractivity contribution >= 4 is 49.6 Å². The molecule has 0 aliphatic carbocycles. The van der Waals surface area contributed by atoms with Gasteiger partial charge in [0.15, 0.2) is 0 Å². The largest absolute Gasteiger partial charge is 0.488 e. The summed E-state index contributed by atoms with van der Waals surface area (Å²) in [4.78, 5) is 16.1. The zero-order valence-corrected chi connectivity index (χ0v) is 21.6. The first-order valence-corrected chi connectivity index (χ1v) is 12.8. The first-order valence-electron chi connectivity index (χ1n) is 12.0. The number of nitrogens with one attached hydrogen (secondary N) is 2. The molecule has 1 amide bonds. The molecule has 5 rings (SSSR count). The van der Waals surface area contributed by atoms with Crippen LogP contribution in [0.15, 0.2) is 101 Å². The maximum atomic E-state index is 12.8. The lowest BCUT2D eigenvalue weighted by Crippen LogP contribution is -2.26. The molecule has 6 heteroatoms. The van der Waals surface area contributed by atoms with E-state index in [-0.39, 0.29) is 5.57 Å². The Morgan fingerprint density at radius 3 is 2.62 bits per heavy atom. The summed E-state index contributed by atoms with van der Waals surface area (Å²) in [5, 5.41) is 16.0. The van der Waals surface area contributed by atoms with Gasteiger partial charge in [0, 0.05) is 33.7 Å². The fourth-order valence-corrected chi connectivity index (χ4v) is 4.76. The lowest BCUT2D eigenvalue weighted by Gasteiger charge is -2.12. The minimum absolute atomic E-state index is 0.0204. The molecule has 0 radical (unpaired) electrons. The maximum Gasteiger partial charge on any atom is 0.261 e. The predicted molar refractivity (Wildman–Crippen MR) is 151 cm³/mol. The SMILES string of the molecule is N#C/C(=C/c1cc(Br)ccc1OCc1cccc2ccccc12)C(=O)NCCc1c[nH]c2ccccc12. The van der Waals surface area contributed by atoms with Gasteiger partial charge in [-0.15, -0.1) is 0 Å². The van der Waals surface area contributed by atoms with Gasteiger partial charge in [0.2, 0.25) is 0 Å². The van der Waals surface area contributed by atoms with Crippen LogP contribution >= 0.6 is 15.9 Å². The van der Waals surface area contributed by atoms with Crippen LogP contribution in [0.5, 0.6) is 5.75 Å². The number of benzene rings is 4. The summed E-state index contributed by atoms with van der Waals surface area (Å²) in [6.07, 6.45) is 4.19. The highest BCUT2D eigenvalue weighted by Gasteiger charge is 2.12. The molecule has 1 aromatic heterocycles. The topological polar surface area (TPSA) is 77.9 Å². The van der Waals surface area contributed by atoms with E-state index in [9.17, 15) is 10.1 Å². The number of H-pyrrole nitrogens is 1. The minimum atomic E-state index is -0.415. The van der Waals surface area contributed by atoms with E-state index in [2.05, 4.69) is 50.5 Å². The molecule has 4 aromatic carbocycles. The van der Waals surface area contributed by atoms with Gasteiger partial charge in [-0.1, -0.05) is 76.6 Å². The standard InChI is InChI=1S/C31H24BrN3O2/c32-26-12-13-30(37-20-23-8-5-7-21-6-1-2-9-27(21)23)24(17-26)16-25(18-33)31(36)34-15-14-22-19-35-29-11-4-3-10-28(22)29/h1-13,16-17,19,35H,14-15,20H2,(H,34,36)/b25-16-. The summed E-state index contributed by atoms with van der Waals surface area (Å²) in [7, 11) is 0. The van der Waals surface area contributed by atoms with Crippen LogP contribution in [-0.4, -0.2) is 17.4 Å². The molecule has 0 bridgehead atoms. The van der Waals surface area contributed by atoms with Crippen LogP contribution in [0.1, 0.15) is 16.7 Å². The molecule has 1 heterocycles. The second kappa shape index (κ2) is 11.2. The van der Waals surface area contributed by atoms with E-state index < -0.39 is 5.91 Å². The number of aromatic nitrogens is 1. The maximum absolute atomic E-state index is 12.8.